The maximum Gasteiger partial charge on any atom is 0.254 e. The number of carbonyl (C=O) groups excluding carboxylic acids is 1. The Balaban J connectivity index is 1.61. The first-order valence-electron chi connectivity index (χ1n) is 8.77. The molecule has 1 N–H and O–H groups in total. The number of benzene rings is 1. The van der Waals surface area contributed by atoms with Crippen LogP contribution in [0.4, 0.5) is 0 Å². The molecule has 24 heavy (non-hydrogen) atoms. The van der Waals surface area contributed by atoms with Gasteiger partial charge >= 0.3 is 0 Å². The Morgan fingerprint density at radius 1 is 1.29 bits per heavy atom. The first-order valence-corrected chi connectivity index (χ1v) is 8.77. The van der Waals surface area contributed by atoms with Gasteiger partial charge < -0.3 is 10.2 Å². The zero-order valence-corrected chi connectivity index (χ0v) is 14.2. The summed E-state index contributed by atoms with van der Waals surface area (Å²) in [5, 5.41) is 3.60. The minimum absolute atomic E-state index is 0.139. The number of amides is 1. The highest BCUT2D eigenvalue weighted by Gasteiger charge is 2.25. The van der Waals surface area contributed by atoms with Gasteiger partial charge in [-0.25, -0.2) is 0 Å². The Kier molecular flexibility index (Phi) is 5.59. The maximum atomic E-state index is 12.9. The van der Waals surface area contributed by atoms with Crippen LogP contribution < -0.4 is 5.32 Å². The first kappa shape index (κ1) is 16.7. The van der Waals surface area contributed by atoms with Gasteiger partial charge in [0.1, 0.15) is 0 Å². The highest BCUT2D eigenvalue weighted by atomic mass is 16.2. The zero-order chi connectivity index (χ0) is 16.8. The molecule has 1 aromatic heterocycles. The van der Waals surface area contributed by atoms with Gasteiger partial charge in [0.25, 0.3) is 5.91 Å². The second kappa shape index (κ2) is 8.06. The zero-order valence-electron chi connectivity index (χ0n) is 14.2. The molecule has 2 aromatic rings. The molecule has 0 spiro atoms. The van der Waals surface area contributed by atoms with E-state index in [4.69, 9.17) is 0 Å². The van der Waals surface area contributed by atoms with Crippen LogP contribution in [0.5, 0.6) is 0 Å². The molecule has 1 aliphatic rings. The minimum atomic E-state index is 0.139. The number of piperidine rings is 1. The van der Waals surface area contributed by atoms with Crippen molar-refractivity contribution in [1.29, 1.82) is 0 Å². The molecule has 0 bridgehead atoms. The number of hydrogen-bond donors (Lipinski definition) is 1. The lowest BCUT2D eigenvalue weighted by Crippen LogP contribution is -2.48. The predicted octanol–water partition coefficient (Wildman–Crippen LogP) is 3.04. The largest absolute Gasteiger partial charge is 0.337 e. The molecule has 126 valence electrons. The molecule has 1 fully saturated rings. The molecule has 3 rings (SSSR count). The molecule has 1 unspecified atom stereocenters. The molecular formula is C20H25N3O. The monoisotopic (exact) mass is 323 g/mol. The molecular weight excluding hydrogens is 298 g/mol. The van der Waals surface area contributed by atoms with Gasteiger partial charge in [0, 0.05) is 43.6 Å². The van der Waals surface area contributed by atoms with Gasteiger partial charge in [-0.15, -0.1) is 0 Å². The normalized spacial score (nSPS) is 17.7. The number of nitrogens with zero attached hydrogens (tertiary/aromatic N) is 2. The fourth-order valence-corrected chi connectivity index (χ4v) is 3.27. The van der Waals surface area contributed by atoms with E-state index in [0.29, 0.717) is 6.04 Å². The van der Waals surface area contributed by atoms with Crippen molar-refractivity contribution in [2.24, 2.45) is 0 Å². The standard InChI is InChI=1S/C20H25N3O/c1-2-17-14-21-11-10-19(17)20(24)23-12-6-9-18(15-23)22-13-16-7-4-3-5-8-16/h3-5,7-8,10-11,14,18,22H,2,6,9,12-13,15H2,1H3. The number of hydrogen-bond acceptors (Lipinski definition) is 3. The average Bonchev–Trinajstić information content (AvgIpc) is 2.67. The number of likely N-dealkylation sites (tertiary alicyclic amines) is 1. The number of aromatic nitrogens is 1. The number of rotatable bonds is 5. The fourth-order valence-electron chi connectivity index (χ4n) is 3.27. The Morgan fingerprint density at radius 3 is 2.92 bits per heavy atom. The van der Waals surface area contributed by atoms with E-state index in [-0.39, 0.29) is 5.91 Å². The third-order valence-electron chi connectivity index (χ3n) is 4.66. The molecule has 4 heteroatoms. The number of aryl methyl sites for hydroxylation is 1. The second-order valence-electron chi connectivity index (χ2n) is 6.34. The highest BCUT2D eigenvalue weighted by Crippen LogP contribution is 2.17. The molecule has 0 aliphatic carbocycles. The van der Waals surface area contributed by atoms with Gasteiger partial charge in [-0.05, 0) is 36.5 Å². The molecule has 1 atom stereocenters. The van der Waals surface area contributed by atoms with Gasteiger partial charge in [0.2, 0.25) is 0 Å². The lowest BCUT2D eigenvalue weighted by atomic mass is 10.0. The summed E-state index contributed by atoms with van der Waals surface area (Å²) in [5.41, 5.74) is 3.11. The quantitative estimate of drug-likeness (QED) is 0.920. The lowest BCUT2D eigenvalue weighted by molar-refractivity contribution is 0.0693. The van der Waals surface area contributed by atoms with Crippen molar-refractivity contribution in [3.8, 4) is 0 Å². The number of carbonyl (C=O) groups is 1. The third-order valence-corrected chi connectivity index (χ3v) is 4.66. The van der Waals surface area contributed by atoms with Crippen molar-refractivity contribution in [3.05, 3.63) is 65.5 Å². The van der Waals surface area contributed by atoms with Crippen LogP contribution in [0, 0.1) is 0 Å². The molecule has 2 heterocycles. The van der Waals surface area contributed by atoms with Crippen molar-refractivity contribution < 1.29 is 4.79 Å². The Hall–Kier alpha value is -2.20. The van der Waals surface area contributed by atoms with Gasteiger partial charge in [-0.2, -0.15) is 0 Å². The summed E-state index contributed by atoms with van der Waals surface area (Å²) in [6.07, 6.45) is 6.51. The summed E-state index contributed by atoms with van der Waals surface area (Å²) < 4.78 is 0. The summed E-state index contributed by atoms with van der Waals surface area (Å²) in [6, 6.07) is 12.6. The van der Waals surface area contributed by atoms with Crippen molar-refractivity contribution in [2.45, 2.75) is 38.8 Å². The Bertz CT molecular complexity index is 672. The van der Waals surface area contributed by atoms with E-state index in [1.165, 1.54) is 5.56 Å². The second-order valence-corrected chi connectivity index (χ2v) is 6.34. The predicted molar refractivity (Wildman–Crippen MR) is 95.8 cm³/mol. The average molecular weight is 323 g/mol. The van der Waals surface area contributed by atoms with Crippen molar-refractivity contribution in [1.82, 2.24) is 15.2 Å². The number of nitrogens with one attached hydrogen (secondary N) is 1. The van der Waals surface area contributed by atoms with Crippen molar-refractivity contribution >= 4 is 5.91 Å². The summed E-state index contributed by atoms with van der Waals surface area (Å²) in [5.74, 6) is 0.139. The Labute approximate surface area is 143 Å². The van der Waals surface area contributed by atoms with Gasteiger partial charge in [-0.3, -0.25) is 9.78 Å². The van der Waals surface area contributed by atoms with Crippen LogP contribution in [0.2, 0.25) is 0 Å². The Morgan fingerprint density at radius 2 is 2.12 bits per heavy atom. The summed E-state index contributed by atoms with van der Waals surface area (Å²) in [4.78, 5) is 19.0. The first-order chi connectivity index (χ1) is 11.8. The van der Waals surface area contributed by atoms with E-state index in [0.717, 1.165) is 50.0 Å². The van der Waals surface area contributed by atoms with Crippen LogP contribution in [0.3, 0.4) is 0 Å². The lowest BCUT2D eigenvalue weighted by Gasteiger charge is -2.33. The van der Waals surface area contributed by atoms with E-state index >= 15 is 0 Å². The summed E-state index contributed by atoms with van der Waals surface area (Å²) in [6.45, 7) is 4.53. The van der Waals surface area contributed by atoms with E-state index in [1.54, 1.807) is 6.20 Å². The molecule has 0 saturated carbocycles. The summed E-state index contributed by atoms with van der Waals surface area (Å²) in [7, 11) is 0. The summed E-state index contributed by atoms with van der Waals surface area (Å²) >= 11 is 0. The topological polar surface area (TPSA) is 45.2 Å². The van der Waals surface area contributed by atoms with Crippen LogP contribution in [-0.4, -0.2) is 34.9 Å². The van der Waals surface area contributed by atoms with Crippen LogP contribution in [-0.2, 0) is 13.0 Å². The van der Waals surface area contributed by atoms with E-state index in [9.17, 15) is 4.79 Å². The molecule has 1 aliphatic heterocycles. The van der Waals surface area contributed by atoms with Crippen molar-refractivity contribution in [2.75, 3.05) is 13.1 Å². The van der Waals surface area contributed by atoms with E-state index < -0.39 is 0 Å². The van der Waals surface area contributed by atoms with Gasteiger partial charge in [0.15, 0.2) is 0 Å². The van der Waals surface area contributed by atoms with Crippen LogP contribution >= 0.6 is 0 Å². The van der Waals surface area contributed by atoms with E-state index in [2.05, 4.69) is 41.5 Å². The fraction of sp³-hybridized carbons (Fsp3) is 0.400. The SMILES string of the molecule is CCc1cnccc1C(=O)N1CCCC(NCc2ccccc2)C1. The van der Waals surface area contributed by atoms with Crippen molar-refractivity contribution in [3.63, 3.8) is 0 Å². The van der Waals surface area contributed by atoms with Crippen LogP contribution in [0.15, 0.2) is 48.8 Å². The minimum Gasteiger partial charge on any atom is -0.337 e. The van der Waals surface area contributed by atoms with Gasteiger partial charge in [-0.1, -0.05) is 37.3 Å². The molecule has 1 amide bonds. The van der Waals surface area contributed by atoms with Crippen LogP contribution in [0.1, 0.15) is 41.3 Å². The molecule has 1 aromatic carbocycles. The van der Waals surface area contributed by atoms with E-state index in [1.807, 2.05) is 23.2 Å². The molecule has 4 nitrogen and oxygen atoms in total. The van der Waals surface area contributed by atoms with Crippen LogP contribution in [0.25, 0.3) is 0 Å². The number of pyridine rings is 1. The maximum absolute atomic E-state index is 12.9. The third kappa shape index (κ3) is 4.01. The smallest absolute Gasteiger partial charge is 0.254 e. The molecule has 1 saturated heterocycles. The van der Waals surface area contributed by atoms with Gasteiger partial charge in [0.05, 0.1) is 0 Å². The molecule has 0 radical (unpaired) electrons. The highest BCUT2D eigenvalue weighted by molar-refractivity contribution is 5.95.